The first-order valence-electron chi connectivity index (χ1n) is 5.14. The van der Waals surface area contributed by atoms with Crippen molar-refractivity contribution in [2.24, 2.45) is 12.8 Å². The zero-order valence-corrected chi connectivity index (χ0v) is 9.87. The molecule has 2 aromatic heterocycles. The number of hydrogen-bond acceptors (Lipinski definition) is 3. The third-order valence-corrected chi connectivity index (χ3v) is 2.93. The summed E-state index contributed by atoms with van der Waals surface area (Å²) in [5.74, 6) is 1.76. The van der Waals surface area contributed by atoms with E-state index in [1.807, 2.05) is 23.7 Å². The Labute approximate surface area is 99.0 Å². The lowest BCUT2D eigenvalue weighted by Gasteiger charge is -2.03. The first-order valence-corrected chi connectivity index (χ1v) is 5.52. The maximum atomic E-state index is 6.05. The average Bonchev–Trinajstić information content (AvgIpc) is 2.86. The Morgan fingerprint density at radius 2 is 2.31 bits per heavy atom. The Morgan fingerprint density at radius 1 is 1.50 bits per heavy atom. The number of nitrogens with two attached hydrogens (primary N) is 1. The molecule has 2 aromatic rings. The van der Waals surface area contributed by atoms with E-state index in [4.69, 9.17) is 21.8 Å². The SMILES string of the molecule is Cn1c(CN)nc(Cl)c1CCc1ccco1. The van der Waals surface area contributed by atoms with Crippen LogP contribution in [-0.2, 0) is 26.4 Å². The van der Waals surface area contributed by atoms with Crippen LogP contribution in [0, 0.1) is 0 Å². The van der Waals surface area contributed by atoms with Gasteiger partial charge in [0.05, 0.1) is 18.5 Å². The van der Waals surface area contributed by atoms with Gasteiger partial charge in [0.25, 0.3) is 0 Å². The topological polar surface area (TPSA) is 57.0 Å². The van der Waals surface area contributed by atoms with E-state index in [1.165, 1.54) is 0 Å². The third-order valence-electron chi connectivity index (χ3n) is 2.63. The third kappa shape index (κ3) is 2.13. The summed E-state index contributed by atoms with van der Waals surface area (Å²) in [7, 11) is 1.93. The largest absolute Gasteiger partial charge is 0.469 e. The van der Waals surface area contributed by atoms with Gasteiger partial charge >= 0.3 is 0 Å². The second-order valence-electron chi connectivity index (χ2n) is 3.61. The van der Waals surface area contributed by atoms with Crippen LogP contribution < -0.4 is 5.73 Å². The molecule has 0 bridgehead atoms. The van der Waals surface area contributed by atoms with Crippen LogP contribution in [-0.4, -0.2) is 9.55 Å². The second kappa shape index (κ2) is 4.72. The molecule has 0 atom stereocenters. The van der Waals surface area contributed by atoms with Crippen molar-refractivity contribution >= 4 is 11.6 Å². The van der Waals surface area contributed by atoms with Gasteiger partial charge in [-0.05, 0) is 18.6 Å². The minimum atomic E-state index is 0.400. The highest BCUT2D eigenvalue weighted by molar-refractivity contribution is 6.30. The van der Waals surface area contributed by atoms with Gasteiger partial charge < -0.3 is 14.7 Å². The lowest BCUT2D eigenvalue weighted by molar-refractivity contribution is 0.506. The summed E-state index contributed by atoms with van der Waals surface area (Å²) in [4.78, 5) is 4.20. The number of aryl methyl sites for hydroxylation is 1. The van der Waals surface area contributed by atoms with Gasteiger partial charge in [-0.3, -0.25) is 0 Å². The van der Waals surface area contributed by atoms with E-state index >= 15 is 0 Å². The molecule has 0 aliphatic carbocycles. The van der Waals surface area contributed by atoms with Crippen molar-refractivity contribution < 1.29 is 4.42 Å². The highest BCUT2D eigenvalue weighted by atomic mass is 35.5. The zero-order chi connectivity index (χ0) is 11.5. The number of rotatable bonds is 4. The fourth-order valence-corrected chi connectivity index (χ4v) is 2.02. The van der Waals surface area contributed by atoms with Crippen LogP contribution in [0.25, 0.3) is 0 Å². The number of halogens is 1. The average molecular weight is 240 g/mol. The summed E-state index contributed by atoms with van der Waals surface area (Å²) in [5.41, 5.74) is 6.56. The van der Waals surface area contributed by atoms with Crippen LogP contribution >= 0.6 is 11.6 Å². The molecule has 0 aliphatic rings. The van der Waals surface area contributed by atoms with E-state index in [1.54, 1.807) is 6.26 Å². The summed E-state index contributed by atoms with van der Waals surface area (Å²) in [6.07, 6.45) is 3.29. The van der Waals surface area contributed by atoms with Gasteiger partial charge in [0.2, 0.25) is 0 Å². The van der Waals surface area contributed by atoms with Crippen molar-refractivity contribution in [3.05, 3.63) is 40.8 Å². The molecule has 5 heteroatoms. The number of hydrogen-bond donors (Lipinski definition) is 1. The first kappa shape index (κ1) is 11.2. The highest BCUT2D eigenvalue weighted by Gasteiger charge is 2.12. The summed E-state index contributed by atoms with van der Waals surface area (Å²) in [6.45, 7) is 0.400. The van der Waals surface area contributed by atoms with Gasteiger partial charge in [0.1, 0.15) is 11.6 Å². The number of nitrogens with zero attached hydrogens (tertiary/aromatic N) is 2. The maximum Gasteiger partial charge on any atom is 0.150 e. The molecule has 0 radical (unpaired) electrons. The number of aromatic nitrogens is 2. The fraction of sp³-hybridized carbons (Fsp3) is 0.364. The highest BCUT2D eigenvalue weighted by Crippen LogP contribution is 2.18. The van der Waals surface area contributed by atoms with Gasteiger partial charge in [0.15, 0.2) is 5.15 Å². The molecule has 0 spiro atoms. The Morgan fingerprint density at radius 3 is 2.88 bits per heavy atom. The predicted octanol–water partition coefficient (Wildman–Crippen LogP) is 1.91. The van der Waals surface area contributed by atoms with Gasteiger partial charge in [-0.2, -0.15) is 0 Å². The molecule has 0 saturated carbocycles. The predicted molar refractivity (Wildman–Crippen MR) is 62.2 cm³/mol. The Bertz CT molecular complexity index is 462. The van der Waals surface area contributed by atoms with Crippen LogP contribution in [0.3, 0.4) is 0 Å². The first-order chi connectivity index (χ1) is 7.72. The molecule has 2 rings (SSSR count). The van der Waals surface area contributed by atoms with Gasteiger partial charge in [-0.15, -0.1) is 0 Å². The Balaban J connectivity index is 2.12. The molecule has 16 heavy (non-hydrogen) atoms. The minimum absolute atomic E-state index is 0.400. The molecule has 0 fully saturated rings. The molecule has 86 valence electrons. The Hall–Kier alpha value is -1.26. The molecule has 0 amide bonds. The molecular formula is C11H14ClN3O. The molecule has 0 aromatic carbocycles. The van der Waals surface area contributed by atoms with Gasteiger partial charge in [-0.1, -0.05) is 11.6 Å². The maximum absolute atomic E-state index is 6.05. The van der Waals surface area contributed by atoms with Crippen molar-refractivity contribution in [2.75, 3.05) is 0 Å². The van der Waals surface area contributed by atoms with Crippen LogP contribution in [0.15, 0.2) is 22.8 Å². The van der Waals surface area contributed by atoms with E-state index in [-0.39, 0.29) is 0 Å². The summed E-state index contributed by atoms with van der Waals surface area (Å²) in [5, 5.41) is 0.537. The summed E-state index contributed by atoms with van der Waals surface area (Å²) >= 11 is 6.05. The van der Waals surface area contributed by atoms with E-state index in [0.717, 1.165) is 30.1 Å². The standard InChI is InChI=1S/C11H14ClN3O/c1-15-9(11(12)14-10(15)7-13)5-4-8-3-2-6-16-8/h2-3,6H,4-5,7,13H2,1H3. The lowest BCUT2D eigenvalue weighted by Crippen LogP contribution is -2.07. The monoisotopic (exact) mass is 239 g/mol. The summed E-state index contributed by atoms with van der Waals surface area (Å²) < 4.78 is 7.22. The molecule has 2 heterocycles. The van der Waals surface area contributed by atoms with Crippen molar-refractivity contribution in [3.8, 4) is 0 Å². The molecule has 4 nitrogen and oxygen atoms in total. The lowest BCUT2D eigenvalue weighted by atomic mass is 10.2. The van der Waals surface area contributed by atoms with Crippen LogP contribution in [0.5, 0.6) is 0 Å². The zero-order valence-electron chi connectivity index (χ0n) is 9.11. The van der Waals surface area contributed by atoms with E-state index in [9.17, 15) is 0 Å². The van der Waals surface area contributed by atoms with Crippen molar-refractivity contribution in [1.29, 1.82) is 0 Å². The van der Waals surface area contributed by atoms with Crippen molar-refractivity contribution in [1.82, 2.24) is 9.55 Å². The number of imidazole rings is 1. The van der Waals surface area contributed by atoms with E-state index in [2.05, 4.69) is 4.98 Å². The molecule has 0 unspecified atom stereocenters. The number of furan rings is 1. The molecule has 0 saturated heterocycles. The van der Waals surface area contributed by atoms with E-state index < -0.39 is 0 Å². The van der Waals surface area contributed by atoms with Crippen molar-refractivity contribution in [3.63, 3.8) is 0 Å². The molecule has 0 aliphatic heterocycles. The fourth-order valence-electron chi connectivity index (χ4n) is 1.70. The van der Waals surface area contributed by atoms with Gasteiger partial charge in [-0.25, -0.2) is 4.98 Å². The van der Waals surface area contributed by atoms with Crippen molar-refractivity contribution in [2.45, 2.75) is 19.4 Å². The Kier molecular flexibility index (Phi) is 3.31. The van der Waals surface area contributed by atoms with Crippen LogP contribution in [0.1, 0.15) is 17.3 Å². The second-order valence-corrected chi connectivity index (χ2v) is 3.97. The molecule has 2 N–H and O–H groups in total. The quantitative estimate of drug-likeness (QED) is 0.887. The smallest absolute Gasteiger partial charge is 0.150 e. The van der Waals surface area contributed by atoms with Crippen LogP contribution in [0.2, 0.25) is 5.15 Å². The summed E-state index contributed by atoms with van der Waals surface area (Å²) in [6, 6.07) is 3.83. The normalized spacial score (nSPS) is 10.9. The van der Waals surface area contributed by atoms with Gasteiger partial charge in [0, 0.05) is 13.5 Å². The van der Waals surface area contributed by atoms with E-state index in [0.29, 0.717) is 11.7 Å². The molecular weight excluding hydrogens is 226 g/mol. The minimum Gasteiger partial charge on any atom is -0.469 e. The van der Waals surface area contributed by atoms with Crippen LogP contribution in [0.4, 0.5) is 0 Å².